The van der Waals surface area contributed by atoms with Crippen LogP contribution in [0.4, 0.5) is 0 Å². The molecule has 1 rings (SSSR count). The molecule has 2 nitrogen and oxygen atoms in total. The number of carbonyl (C=O) groups is 1. The molecule has 0 fully saturated rings. The molecule has 0 bridgehead atoms. The van der Waals surface area contributed by atoms with Crippen molar-refractivity contribution in [1.29, 1.82) is 0 Å². The van der Waals surface area contributed by atoms with Crippen molar-refractivity contribution in [2.75, 3.05) is 13.1 Å². The maximum Gasteiger partial charge on any atom is 0.119 e. The summed E-state index contributed by atoms with van der Waals surface area (Å²) in [5.41, 5.74) is 1.42. The number of hydrogen-bond donors (Lipinski definition) is 1. The van der Waals surface area contributed by atoms with E-state index >= 15 is 0 Å². The zero-order valence-corrected chi connectivity index (χ0v) is 10.5. The highest BCUT2D eigenvalue weighted by Crippen LogP contribution is 2.01. The molecule has 2 heteroatoms. The molecule has 1 aromatic rings. The third kappa shape index (κ3) is 7.70. The average molecular weight is 233 g/mol. The van der Waals surface area contributed by atoms with Gasteiger partial charge in [-0.05, 0) is 44.3 Å². The molecule has 0 unspecified atom stereocenters. The first-order chi connectivity index (χ1) is 8.43. The molecule has 0 heterocycles. The number of nitrogens with one attached hydrogen (secondary N) is 1. The summed E-state index contributed by atoms with van der Waals surface area (Å²) >= 11 is 0. The standard InChI is InChI=1S/C15H23NO/c17-14-7-2-1-6-12-16-13-8-11-15-9-4-3-5-10-15/h3-5,9-10,14,16H,1-2,6-8,11-13H2. The van der Waals surface area contributed by atoms with Crippen molar-refractivity contribution < 1.29 is 4.79 Å². The molecule has 0 amide bonds. The van der Waals surface area contributed by atoms with Crippen LogP contribution in [0.5, 0.6) is 0 Å². The van der Waals surface area contributed by atoms with E-state index in [0.717, 1.165) is 38.6 Å². The Kier molecular flexibility index (Phi) is 8.21. The van der Waals surface area contributed by atoms with Crippen molar-refractivity contribution in [3.63, 3.8) is 0 Å². The highest BCUT2D eigenvalue weighted by molar-refractivity contribution is 5.48. The van der Waals surface area contributed by atoms with Crippen LogP contribution in [0, 0.1) is 0 Å². The third-order valence-corrected chi connectivity index (χ3v) is 2.84. The van der Waals surface area contributed by atoms with Crippen molar-refractivity contribution >= 4 is 6.29 Å². The van der Waals surface area contributed by atoms with E-state index in [1.807, 2.05) is 0 Å². The normalized spacial score (nSPS) is 10.4. The quantitative estimate of drug-likeness (QED) is 0.497. The SMILES string of the molecule is O=CCCCCCNCCCc1ccccc1. The first kappa shape index (κ1) is 13.9. The minimum absolute atomic E-state index is 0.716. The summed E-state index contributed by atoms with van der Waals surface area (Å²) in [4.78, 5) is 10.1. The van der Waals surface area contributed by atoms with Crippen LogP contribution in [-0.4, -0.2) is 19.4 Å². The Morgan fingerprint density at radius 2 is 1.71 bits per heavy atom. The Balaban J connectivity index is 1.86. The highest BCUT2D eigenvalue weighted by Gasteiger charge is 1.92. The van der Waals surface area contributed by atoms with Gasteiger partial charge in [0.25, 0.3) is 0 Å². The Hall–Kier alpha value is -1.15. The molecular formula is C15H23NO. The molecule has 1 aromatic carbocycles. The summed E-state index contributed by atoms with van der Waals surface area (Å²) in [6, 6.07) is 10.6. The van der Waals surface area contributed by atoms with Gasteiger partial charge in [0.2, 0.25) is 0 Å². The second-order valence-electron chi connectivity index (χ2n) is 4.36. The molecular weight excluding hydrogens is 210 g/mol. The van der Waals surface area contributed by atoms with Gasteiger partial charge in [-0.15, -0.1) is 0 Å². The lowest BCUT2D eigenvalue weighted by atomic mass is 10.1. The smallest absolute Gasteiger partial charge is 0.119 e. The number of rotatable bonds is 10. The van der Waals surface area contributed by atoms with E-state index in [9.17, 15) is 4.79 Å². The highest BCUT2D eigenvalue weighted by atomic mass is 16.1. The van der Waals surface area contributed by atoms with Crippen molar-refractivity contribution in [3.05, 3.63) is 35.9 Å². The minimum atomic E-state index is 0.716. The van der Waals surface area contributed by atoms with Crippen molar-refractivity contribution in [2.24, 2.45) is 0 Å². The molecule has 17 heavy (non-hydrogen) atoms. The minimum Gasteiger partial charge on any atom is -0.317 e. The van der Waals surface area contributed by atoms with Crippen LogP contribution < -0.4 is 5.32 Å². The molecule has 0 spiro atoms. The molecule has 0 aromatic heterocycles. The van der Waals surface area contributed by atoms with E-state index in [4.69, 9.17) is 0 Å². The van der Waals surface area contributed by atoms with Gasteiger partial charge in [-0.2, -0.15) is 0 Å². The second kappa shape index (κ2) is 10.0. The summed E-state index contributed by atoms with van der Waals surface area (Å²) < 4.78 is 0. The van der Waals surface area contributed by atoms with Gasteiger partial charge in [-0.1, -0.05) is 36.8 Å². The van der Waals surface area contributed by atoms with E-state index in [-0.39, 0.29) is 0 Å². The fraction of sp³-hybridized carbons (Fsp3) is 0.533. The Bertz CT molecular complexity index is 284. The van der Waals surface area contributed by atoms with E-state index < -0.39 is 0 Å². The Morgan fingerprint density at radius 3 is 2.47 bits per heavy atom. The Morgan fingerprint density at radius 1 is 0.941 bits per heavy atom. The lowest BCUT2D eigenvalue weighted by molar-refractivity contribution is -0.107. The molecule has 0 saturated carbocycles. The second-order valence-corrected chi connectivity index (χ2v) is 4.36. The van der Waals surface area contributed by atoms with Gasteiger partial charge in [0.1, 0.15) is 6.29 Å². The molecule has 1 N–H and O–H groups in total. The third-order valence-electron chi connectivity index (χ3n) is 2.84. The summed E-state index contributed by atoms with van der Waals surface area (Å²) in [6.45, 7) is 2.16. The van der Waals surface area contributed by atoms with E-state index in [1.54, 1.807) is 0 Å². The summed E-state index contributed by atoms with van der Waals surface area (Å²) in [7, 11) is 0. The molecule has 0 aliphatic carbocycles. The van der Waals surface area contributed by atoms with Crippen LogP contribution >= 0.6 is 0 Å². The summed E-state index contributed by atoms with van der Waals surface area (Å²) in [5.74, 6) is 0. The van der Waals surface area contributed by atoms with E-state index in [1.165, 1.54) is 18.4 Å². The first-order valence-electron chi connectivity index (χ1n) is 6.62. The molecule has 0 aliphatic rings. The zero-order valence-electron chi connectivity index (χ0n) is 10.5. The predicted octanol–water partition coefficient (Wildman–Crippen LogP) is 2.97. The van der Waals surface area contributed by atoms with Crippen LogP contribution in [0.3, 0.4) is 0 Å². The first-order valence-corrected chi connectivity index (χ1v) is 6.62. The van der Waals surface area contributed by atoms with Crippen molar-refractivity contribution in [1.82, 2.24) is 5.32 Å². The van der Waals surface area contributed by atoms with Crippen LogP contribution in [0.2, 0.25) is 0 Å². The predicted molar refractivity (Wildman–Crippen MR) is 72.2 cm³/mol. The van der Waals surface area contributed by atoms with Gasteiger partial charge < -0.3 is 10.1 Å². The number of benzene rings is 1. The number of aldehydes is 1. The van der Waals surface area contributed by atoms with Crippen molar-refractivity contribution in [2.45, 2.75) is 38.5 Å². The molecule has 0 aliphatic heterocycles. The lowest BCUT2D eigenvalue weighted by Gasteiger charge is -2.04. The van der Waals surface area contributed by atoms with Gasteiger partial charge in [0.05, 0.1) is 0 Å². The van der Waals surface area contributed by atoms with Crippen LogP contribution in [-0.2, 0) is 11.2 Å². The number of aryl methyl sites for hydroxylation is 1. The maximum atomic E-state index is 10.1. The average Bonchev–Trinajstić information content (AvgIpc) is 2.38. The topological polar surface area (TPSA) is 29.1 Å². The fourth-order valence-corrected chi connectivity index (χ4v) is 1.84. The molecule has 0 saturated heterocycles. The summed E-state index contributed by atoms with van der Waals surface area (Å²) in [6.07, 6.45) is 7.44. The van der Waals surface area contributed by atoms with Gasteiger partial charge >= 0.3 is 0 Å². The molecule has 0 atom stereocenters. The van der Waals surface area contributed by atoms with Crippen LogP contribution in [0.1, 0.15) is 37.7 Å². The molecule has 94 valence electrons. The zero-order chi connectivity index (χ0) is 12.2. The van der Waals surface area contributed by atoms with Crippen molar-refractivity contribution in [3.8, 4) is 0 Å². The maximum absolute atomic E-state index is 10.1. The number of hydrogen-bond acceptors (Lipinski definition) is 2. The fourth-order valence-electron chi connectivity index (χ4n) is 1.84. The molecule has 0 radical (unpaired) electrons. The lowest BCUT2D eigenvalue weighted by Crippen LogP contribution is -2.17. The van der Waals surface area contributed by atoms with Crippen LogP contribution in [0.25, 0.3) is 0 Å². The largest absolute Gasteiger partial charge is 0.317 e. The van der Waals surface area contributed by atoms with E-state index in [0.29, 0.717) is 6.42 Å². The number of carbonyl (C=O) groups excluding carboxylic acids is 1. The monoisotopic (exact) mass is 233 g/mol. The Labute approximate surface area is 104 Å². The van der Waals surface area contributed by atoms with Crippen LogP contribution in [0.15, 0.2) is 30.3 Å². The van der Waals surface area contributed by atoms with Gasteiger partial charge in [-0.25, -0.2) is 0 Å². The van der Waals surface area contributed by atoms with Gasteiger partial charge in [-0.3, -0.25) is 0 Å². The van der Waals surface area contributed by atoms with Gasteiger partial charge in [0.15, 0.2) is 0 Å². The summed E-state index contributed by atoms with van der Waals surface area (Å²) in [5, 5.41) is 3.44. The van der Waals surface area contributed by atoms with E-state index in [2.05, 4.69) is 35.6 Å². The van der Waals surface area contributed by atoms with Gasteiger partial charge in [0, 0.05) is 6.42 Å². The number of unbranched alkanes of at least 4 members (excludes halogenated alkanes) is 3.